The molecular weight excluding hydrogens is 307 g/mol. The van der Waals surface area contributed by atoms with Crippen LogP contribution in [0.5, 0.6) is 0 Å². The second kappa shape index (κ2) is 5.70. The summed E-state index contributed by atoms with van der Waals surface area (Å²) in [5.41, 5.74) is 8.58. The van der Waals surface area contributed by atoms with E-state index in [1.54, 1.807) is 19.1 Å². The molecule has 3 rings (SSSR count). The third kappa shape index (κ3) is 2.71. The third-order valence-electron chi connectivity index (χ3n) is 4.61. The fourth-order valence-corrected chi connectivity index (χ4v) is 3.24. The molecule has 24 heavy (non-hydrogen) atoms. The average Bonchev–Trinajstić information content (AvgIpc) is 2.88. The van der Waals surface area contributed by atoms with Gasteiger partial charge in [-0.1, -0.05) is 20.8 Å². The highest BCUT2D eigenvalue weighted by atomic mass is 19.1. The maximum absolute atomic E-state index is 13.6. The normalized spacial score (nSPS) is 17.6. The summed E-state index contributed by atoms with van der Waals surface area (Å²) >= 11 is 0. The number of hydrogen-bond donors (Lipinski definition) is 2. The molecule has 0 spiro atoms. The van der Waals surface area contributed by atoms with E-state index in [9.17, 15) is 9.18 Å². The average molecular weight is 330 g/mol. The smallest absolute Gasteiger partial charge is 0.252 e. The van der Waals surface area contributed by atoms with E-state index in [1.165, 1.54) is 6.07 Å². The number of halogens is 1. The van der Waals surface area contributed by atoms with Crippen molar-refractivity contribution in [1.82, 2.24) is 15.1 Å². The van der Waals surface area contributed by atoms with Crippen LogP contribution in [0.1, 0.15) is 48.4 Å². The van der Waals surface area contributed by atoms with E-state index in [-0.39, 0.29) is 17.3 Å². The van der Waals surface area contributed by atoms with Crippen LogP contribution in [0.4, 0.5) is 4.39 Å². The van der Waals surface area contributed by atoms with E-state index < -0.39 is 5.91 Å². The van der Waals surface area contributed by atoms with Crippen molar-refractivity contribution in [3.8, 4) is 11.3 Å². The van der Waals surface area contributed by atoms with Gasteiger partial charge in [-0.2, -0.15) is 5.10 Å². The Morgan fingerprint density at radius 1 is 1.42 bits per heavy atom. The number of benzene rings is 1. The fourth-order valence-electron chi connectivity index (χ4n) is 3.24. The van der Waals surface area contributed by atoms with Crippen molar-refractivity contribution in [2.24, 2.45) is 11.1 Å². The second-order valence-corrected chi connectivity index (χ2v) is 7.46. The predicted octanol–water partition coefficient (Wildman–Crippen LogP) is 2.79. The molecule has 1 aliphatic rings. The Balaban J connectivity index is 2.22. The molecule has 1 amide bonds. The topological polar surface area (TPSA) is 72.9 Å². The van der Waals surface area contributed by atoms with Gasteiger partial charge < -0.3 is 11.1 Å². The first-order chi connectivity index (χ1) is 11.2. The number of carbonyl (C=O) groups is 1. The Labute approximate surface area is 141 Å². The quantitative estimate of drug-likeness (QED) is 0.889. The summed E-state index contributed by atoms with van der Waals surface area (Å²) in [5.74, 6) is -0.790. The monoisotopic (exact) mass is 330 g/mol. The van der Waals surface area contributed by atoms with Crippen molar-refractivity contribution in [3.63, 3.8) is 0 Å². The molecule has 6 heteroatoms. The predicted molar refractivity (Wildman–Crippen MR) is 91.1 cm³/mol. The van der Waals surface area contributed by atoms with Gasteiger partial charge in [-0.25, -0.2) is 4.39 Å². The van der Waals surface area contributed by atoms with E-state index in [4.69, 9.17) is 10.8 Å². The molecule has 0 aliphatic carbocycles. The number of amides is 1. The number of nitrogens with one attached hydrogen (secondary N) is 1. The summed E-state index contributed by atoms with van der Waals surface area (Å²) < 4.78 is 15.5. The van der Waals surface area contributed by atoms with Gasteiger partial charge in [0.15, 0.2) is 0 Å². The lowest BCUT2D eigenvalue weighted by molar-refractivity contribution is 0.0998. The van der Waals surface area contributed by atoms with E-state index in [1.807, 2.05) is 4.68 Å². The Hall–Kier alpha value is -2.21. The summed E-state index contributed by atoms with van der Waals surface area (Å²) in [4.78, 5) is 12.1. The summed E-state index contributed by atoms with van der Waals surface area (Å²) in [6.07, 6.45) is 0. The highest BCUT2D eigenvalue weighted by Gasteiger charge is 2.35. The molecule has 2 aromatic rings. The minimum Gasteiger partial charge on any atom is -0.365 e. The van der Waals surface area contributed by atoms with Crippen LogP contribution in [0.2, 0.25) is 0 Å². The van der Waals surface area contributed by atoms with Crippen molar-refractivity contribution in [3.05, 3.63) is 40.8 Å². The van der Waals surface area contributed by atoms with Gasteiger partial charge in [-0.3, -0.25) is 9.48 Å². The summed E-state index contributed by atoms with van der Waals surface area (Å²) in [6.45, 7) is 9.43. The van der Waals surface area contributed by atoms with Gasteiger partial charge in [0.2, 0.25) is 0 Å². The van der Waals surface area contributed by atoms with Crippen LogP contribution in [0.3, 0.4) is 0 Å². The molecule has 3 N–H and O–H groups in total. The molecule has 1 aromatic heterocycles. The van der Waals surface area contributed by atoms with Gasteiger partial charge in [0.1, 0.15) is 11.5 Å². The standard InChI is InChI=1S/C18H23FN4O/c1-10-7-11(5-6-12(10)19)16-15(17(20)24)13-8-21-9-14(18(2,3)4)23(13)22-16/h5-7,14,21H,8-9H2,1-4H3,(H2,20,24). The molecule has 0 bridgehead atoms. The van der Waals surface area contributed by atoms with E-state index >= 15 is 0 Å². The molecule has 0 fully saturated rings. The zero-order valence-corrected chi connectivity index (χ0v) is 14.5. The first kappa shape index (κ1) is 16.6. The molecule has 1 aromatic carbocycles. The number of rotatable bonds is 2. The maximum atomic E-state index is 13.6. The lowest BCUT2D eigenvalue weighted by atomic mass is 9.85. The summed E-state index contributed by atoms with van der Waals surface area (Å²) in [5, 5.41) is 8.06. The van der Waals surface area contributed by atoms with Gasteiger partial charge in [0.25, 0.3) is 5.91 Å². The summed E-state index contributed by atoms with van der Waals surface area (Å²) in [7, 11) is 0. The molecule has 0 saturated carbocycles. The lowest BCUT2D eigenvalue weighted by Crippen LogP contribution is -2.40. The zero-order valence-electron chi connectivity index (χ0n) is 14.5. The highest BCUT2D eigenvalue weighted by Crippen LogP contribution is 2.36. The Kier molecular flexibility index (Phi) is 3.95. The zero-order chi connectivity index (χ0) is 17.6. The minimum absolute atomic E-state index is 0.0287. The third-order valence-corrected chi connectivity index (χ3v) is 4.61. The first-order valence-electron chi connectivity index (χ1n) is 8.08. The largest absolute Gasteiger partial charge is 0.365 e. The summed E-state index contributed by atoms with van der Waals surface area (Å²) in [6, 6.07) is 4.85. The molecule has 0 radical (unpaired) electrons. The molecule has 128 valence electrons. The minimum atomic E-state index is -0.510. The van der Waals surface area contributed by atoms with Crippen molar-refractivity contribution in [2.75, 3.05) is 6.54 Å². The fraction of sp³-hybridized carbons (Fsp3) is 0.444. The number of nitrogens with zero attached hydrogens (tertiary/aromatic N) is 2. The number of primary amides is 1. The van der Waals surface area contributed by atoms with Crippen LogP contribution in [0.25, 0.3) is 11.3 Å². The second-order valence-electron chi connectivity index (χ2n) is 7.46. The lowest BCUT2D eigenvalue weighted by Gasteiger charge is -2.35. The van der Waals surface area contributed by atoms with Crippen molar-refractivity contribution >= 4 is 5.91 Å². The van der Waals surface area contributed by atoms with E-state index in [0.717, 1.165) is 12.2 Å². The number of fused-ring (bicyclic) bond motifs is 1. The Morgan fingerprint density at radius 3 is 2.71 bits per heavy atom. The Morgan fingerprint density at radius 2 is 2.12 bits per heavy atom. The van der Waals surface area contributed by atoms with Crippen LogP contribution in [0.15, 0.2) is 18.2 Å². The maximum Gasteiger partial charge on any atom is 0.252 e. The molecule has 1 aliphatic heterocycles. The van der Waals surface area contributed by atoms with E-state index in [0.29, 0.717) is 28.9 Å². The van der Waals surface area contributed by atoms with Gasteiger partial charge >= 0.3 is 0 Å². The number of hydrogen-bond acceptors (Lipinski definition) is 3. The molecule has 2 heterocycles. The molecule has 1 atom stereocenters. The van der Waals surface area contributed by atoms with Crippen LogP contribution in [-0.2, 0) is 6.54 Å². The van der Waals surface area contributed by atoms with Crippen LogP contribution < -0.4 is 11.1 Å². The van der Waals surface area contributed by atoms with Gasteiger partial charge in [0, 0.05) is 18.7 Å². The SMILES string of the molecule is Cc1cc(-c2nn3c(c2C(N)=O)CNCC3C(C)(C)C)ccc1F. The number of aromatic nitrogens is 2. The highest BCUT2D eigenvalue weighted by molar-refractivity contribution is 6.00. The van der Waals surface area contributed by atoms with Crippen molar-refractivity contribution in [2.45, 2.75) is 40.3 Å². The number of aryl methyl sites for hydroxylation is 1. The molecule has 1 unspecified atom stereocenters. The number of carbonyl (C=O) groups excluding carboxylic acids is 1. The first-order valence-corrected chi connectivity index (χ1v) is 8.08. The van der Waals surface area contributed by atoms with E-state index in [2.05, 4.69) is 26.1 Å². The number of nitrogens with two attached hydrogens (primary N) is 1. The van der Waals surface area contributed by atoms with Crippen molar-refractivity contribution < 1.29 is 9.18 Å². The molecule has 5 nitrogen and oxygen atoms in total. The molecular formula is C18H23FN4O. The van der Waals surface area contributed by atoms with Gasteiger partial charge in [-0.15, -0.1) is 0 Å². The van der Waals surface area contributed by atoms with Crippen molar-refractivity contribution in [1.29, 1.82) is 0 Å². The van der Waals surface area contributed by atoms with Gasteiger partial charge in [0.05, 0.1) is 17.3 Å². The van der Waals surface area contributed by atoms with Gasteiger partial charge in [-0.05, 0) is 36.1 Å². The van der Waals surface area contributed by atoms with Crippen LogP contribution in [0, 0.1) is 18.2 Å². The van der Waals surface area contributed by atoms with Crippen LogP contribution >= 0.6 is 0 Å². The molecule has 0 saturated heterocycles. The Bertz CT molecular complexity index is 804. The van der Waals surface area contributed by atoms with Crippen LogP contribution in [-0.4, -0.2) is 22.2 Å².